The number of carbonyl (C=O) groups excluding carboxylic acids is 1. The third-order valence-electron chi connectivity index (χ3n) is 3.97. The van der Waals surface area contributed by atoms with Crippen molar-refractivity contribution in [3.8, 4) is 5.75 Å². The highest BCUT2D eigenvalue weighted by atomic mass is 16.5. The molecule has 0 radical (unpaired) electrons. The van der Waals surface area contributed by atoms with Gasteiger partial charge in [0, 0.05) is 24.1 Å². The molecule has 1 saturated carbocycles. The standard InChI is InChI=1S/C14H18N2O2/c1-16-8-14(9-16)6-12(7-14)18-11-4-2-10(3-5-11)13(15)17/h2-5,12H,6-9H2,1H3,(H2,15,17). The van der Waals surface area contributed by atoms with Gasteiger partial charge in [-0.2, -0.15) is 0 Å². The quantitative estimate of drug-likeness (QED) is 0.873. The summed E-state index contributed by atoms with van der Waals surface area (Å²) in [5.74, 6) is 0.425. The number of primary amides is 1. The first-order chi connectivity index (χ1) is 8.56. The zero-order valence-electron chi connectivity index (χ0n) is 10.6. The summed E-state index contributed by atoms with van der Waals surface area (Å²) in [7, 11) is 2.15. The minimum absolute atomic E-state index is 0.332. The highest BCUT2D eigenvalue weighted by molar-refractivity contribution is 5.92. The second kappa shape index (κ2) is 3.99. The highest BCUT2D eigenvalue weighted by Crippen LogP contribution is 2.48. The number of ether oxygens (including phenoxy) is 1. The van der Waals surface area contributed by atoms with Crippen molar-refractivity contribution in [3.63, 3.8) is 0 Å². The summed E-state index contributed by atoms with van der Waals surface area (Å²) < 4.78 is 5.88. The van der Waals surface area contributed by atoms with E-state index in [1.54, 1.807) is 12.1 Å². The number of hydrogen-bond donors (Lipinski definition) is 1. The van der Waals surface area contributed by atoms with Crippen molar-refractivity contribution < 1.29 is 9.53 Å². The molecule has 0 unspecified atom stereocenters. The number of benzene rings is 1. The minimum atomic E-state index is -0.401. The van der Waals surface area contributed by atoms with Gasteiger partial charge in [-0.15, -0.1) is 0 Å². The Hall–Kier alpha value is -1.55. The maximum atomic E-state index is 10.9. The van der Waals surface area contributed by atoms with E-state index in [4.69, 9.17) is 10.5 Å². The van der Waals surface area contributed by atoms with Gasteiger partial charge >= 0.3 is 0 Å². The molecule has 2 N–H and O–H groups in total. The molecule has 2 aliphatic rings. The van der Waals surface area contributed by atoms with Crippen LogP contribution >= 0.6 is 0 Å². The molecule has 1 aliphatic carbocycles. The SMILES string of the molecule is CN1CC2(CC(Oc3ccc(C(N)=O)cc3)C2)C1. The predicted octanol–water partition coefficient (Wildman–Crippen LogP) is 1.26. The van der Waals surface area contributed by atoms with Gasteiger partial charge in [0.1, 0.15) is 5.75 Å². The van der Waals surface area contributed by atoms with Gasteiger partial charge in [-0.1, -0.05) is 0 Å². The van der Waals surface area contributed by atoms with E-state index < -0.39 is 5.91 Å². The Morgan fingerprint density at radius 1 is 1.33 bits per heavy atom. The Balaban J connectivity index is 1.54. The van der Waals surface area contributed by atoms with E-state index in [1.807, 2.05) is 12.1 Å². The molecule has 18 heavy (non-hydrogen) atoms. The smallest absolute Gasteiger partial charge is 0.248 e. The predicted molar refractivity (Wildman–Crippen MR) is 68.5 cm³/mol. The van der Waals surface area contributed by atoms with E-state index in [-0.39, 0.29) is 0 Å². The fourth-order valence-corrected chi connectivity index (χ4v) is 3.24. The average molecular weight is 246 g/mol. The maximum Gasteiger partial charge on any atom is 0.248 e. The number of amides is 1. The molecular formula is C14H18N2O2. The van der Waals surface area contributed by atoms with Crippen LogP contribution in [-0.4, -0.2) is 37.0 Å². The molecular weight excluding hydrogens is 228 g/mol. The molecule has 0 bridgehead atoms. The molecule has 1 aromatic carbocycles. The number of nitrogens with two attached hydrogens (primary N) is 1. The van der Waals surface area contributed by atoms with Gasteiger partial charge in [-0.05, 0) is 44.2 Å². The summed E-state index contributed by atoms with van der Waals surface area (Å²) in [4.78, 5) is 13.3. The van der Waals surface area contributed by atoms with Crippen LogP contribution in [0.5, 0.6) is 5.75 Å². The number of rotatable bonds is 3. The number of likely N-dealkylation sites (tertiary alicyclic amines) is 1. The lowest BCUT2D eigenvalue weighted by atomic mass is 9.62. The molecule has 1 aliphatic heterocycles. The summed E-state index contributed by atoms with van der Waals surface area (Å²) in [5, 5.41) is 0. The Labute approximate surface area is 107 Å². The molecule has 0 aromatic heterocycles. The fourth-order valence-electron chi connectivity index (χ4n) is 3.24. The summed E-state index contributed by atoms with van der Waals surface area (Å²) in [5.41, 5.74) is 6.25. The zero-order valence-corrected chi connectivity index (χ0v) is 10.6. The van der Waals surface area contributed by atoms with Gasteiger partial charge in [-0.3, -0.25) is 4.79 Å². The highest BCUT2D eigenvalue weighted by Gasteiger charge is 2.52. The molecule has 0 atom stereocenters. The minimum Gasteiger partial charge on any atom is -0.490 e. The van der Waals surface area contributed by atoms with Crippen LogP contribution in [0.4, 0.5) is 0 Å². The van der Waals surface area contributed by atoms with Crippen LogP contribution in [0.15, 0.2) is 24.3 Å². The third-order valence-corrected chi connectivity index (χ3v) is 3.97. The zero-order chi connectivity index (χ0) is 12.8. The van der Waals surface area contributed by atoms with Crippen molar-refractivity contribution in [2.24, 2.45) is 11.1 Å². The van der Waals surface area contributed by atoms with Gasteiger partial charge in [0.25, 0.3) is 0 Å². The van der Waals surface area contributed by atoms with Crippen molar-refractivity contribution in [2.75, 3.05) is 20.1 Å². The van der Waals surface area contributed by atoms with Crippen LogP contribution in [0, 0.1) is 5.41 Å². The molecule has 1 saturated heterocycles. The van der Waals surface area contributed by atoms with Crippen LogP contribution in [0.3, 0.4) is 0 Å². The lowest BCUT2D eigenvalue weighted by molar-refractivity contribution is -0.109. The summed E-state index contributed by atoms with van der Waals surface area (Å²) >= 11 is 0. The van der Waals surface area contributed by atoms with E-state index in [2.05, 4.69) is 11.9 Å². The molecule has 1 aromatic rings. The van der Waals surface area contributed by atoms with Gasteiger partial charge in [0.05, 0.1) is 6.10 Å². The molecule has 4 heteroatoms. The summed E-state index contributed by atoms with van der Waals surface area (Å²) in [6, 6.07) is 7.06. The van der Waals surface area contributed by atoms with E-state index in [0.717, 1.165) is 18.6 Å². The first kappa shape index (κ1) is 11.5. The van der Waals surface area contributed by atoms with E-state index in [0.29, 0.717) is 17.1 Å². The van der Waals surface area contributed by atoms with E-state index in [9.17, 15) is 4.79 Å². The molecule has 2 fully saturated rings. The lowest BCUT2D eigenvalue weighted by Gasteiger charge is -2.57. The van der Waals surface area contributed by atoms with Crippen LogP contribution in [0.2, 0.25) is 0 Å². The van der Waals surface area contributed by atoms with Crippen LogP contribution in [0.25, 0.3) is 0 Å². The lowest BCUT2D eigenvalue weighted by Crippen LogP contribution is -2.63. The van der Waals surface area contributed by atoms with Crippen LogP contribution in [0.1, 0.15) is 23.2 Å². The van der Waals surface area contributed by atoms with E-state index >= 15 is 0 Å². The first-order valence-corrected chi connectivity index (χ1v) is 6.31. The largest absolute Gasteiger partial charge is 0.490 e. The summed E-state index contributed by atoms with van der Waals surface area (Å²) in [6.07, 6.45) is 2.63. The van der Waals surface area contributed by atoms with Gasteiger partial charge in [0.2, 0.25) is 5.91 Å². The van der Waals surface area contributed by atoms with Gasteiger partial charge in [-0.25, -0.2) is 0 Å². The summed E-state index contributed by atoms with van der Waals surface area (Å²) in [6.45, 7) is 2.40. The molecule has 1 spiro atoms. The van der Waals surface area contributed by atoms with E-state index in [1.165, 1.54) is 13.1 Å². The monoisotopic (exact) mass is 246 g/mol. The fraction of sp³-hybridized carbons (Fsp3) is 0.500. The maximum absolute atomic E-state index is 10.9. The van der Waals surface area contributed by atoms with Crippen molar-refractivity contribution in [1.82, 2.24) is 4.90 Å². The Kier molecular flexibility index (Phi) is 2.55. The second-order valence-electron chi connectivity index (χ2n) is 5.71. The molecule has 96 valence electrons. The topological polar surface area (TPSA) is 55.6 Å². The Morgan fingerprint density at radius 2 is 1.94 bits per heavy atom. The van der Waals surface area contributed by atoms with Crippen LogP contribution in [-0.2, 0) is 0 Å². The molecule has 3 rings (SSSR count). The number of nitrogens with zero attached hydrogens (tertiary/aromatic N) is 1. The second-order valence-corrected chi connectivity index (χ2v) is 5.71. The normalized spacial score (nSPS) is 22.3. The first-order valence-electron chi connectivity index (χ1n) is 6.31. The molecule has 1 heterocycles. The van der Waals surface area contributed by atoms with Gasteiger partial charge in [0.15, 0.2) is 0 Å². The Bertz CT molecular complexity index is 455. The van der Waals surface area contributed by atoms with Crippen molar-refractivity contribution in [3.05, 3.63) is 29.8 Å². The Morgan fingerprint density at radius 3 is 2.44 bits per heavy atom. The van der Waals surface area contributed by atoms with Crippen LogP contribution < -0.4 is 10.5 Å². The molecule has 4 nitrogen and oxygen atoms in total. The van der Waals surface area contributed by atoms with Crippen molar-refractivity contribution in [2.45, 2.75) is 18.9 Å². The number of carbonyl (C=O) groups is 1. The average Bonchev–Trinajstić information content (AvgIpc) is 2.25. The van der Waals surface area contributed by atoms with Crippen molar-refractivity contribution >= 4 is 5.91 Å². The van der Waals surface area contributed by atoms with Gasteiger partial charge < -0.3 is 15.4 Å². The third kappa shape index (κ3) is 1.97. The number of hydrogen-bond acceptors (Lipinski definition) is 3. The molecule has 1 amide bonds. The van der Waals surface area contributed by atoms with Crippen molar-refractivity contribution in [1.29, 1.82) is 0 Å².